The van der Waals surface area contributed by atoms with Crippen LogP contribution in [0.4, 0.5) is 18.3 Å². The highest BCUT2D eigenvalue weighted by Gasteiger charge is 2.37. The summed E-state index contributed by atoms with van der Waals surface area (Å²) in [7, 11) is -4.62. The van der Waals surface area contributed by atoms with Crippen molar-refractivity contribution < 1.29 is 26.4 Å². The highest BCUT2D eigenvalue weighted by atomic mass is 32.2. The second-order valence-corrected chi connectivity index (χ2v) is 9.65. The molecule has 2 heterocycles. The number of nitrogens with zero attached hydrogens (tertiary/aromatic N) is 1. The molecule has 7 nitrogen and oxygen atoms in total. The minimum Gasteiger partial charge on any atom is -0.360 e. The van der Waals surface area contributed by atoms with Gasteiger partial charge in [0.1, 0.15) is 0 Å². The topological polar surface area (TPSA) is 104 Å². The van der Waals surface area contributed by atoms with Gasteiger partial charge in [-0.25, -0.2) is 13.4 Å². The minimum absolute atomic E-state index is 0.224. The lowest BCUT2D eigenvalue weighted by Gasteiger charge is -2.16. The van der Waals surface area contributed by atoms with Crippen LogP contribution < -0.4 is 10.0 Å². The Morgan fingerprint density at radius 1 is 1.12 bits per heavy atom. The van der Waals surface area contributed by atoms with Crippen LogP contribution in [0.25, 0.3) is 22.2 Å². The highest BCUT2D eigenvalue weighted by molar-refractivity contribution is 7.89. The molecule has 33 heavy (non-hydrogen) atoms. The Morgan fingerprint density at radius 3 is 2.58 bits per heavy atom. The van der Waals surface area contributed by atoms with E-state index in [1.54, 1.807) is 11.6 Å². The molecule has 0 unspecified atom stereocenters. The standard InChI is InChI=1S/C21H17F3N4O3S2/c1-12(28-33(30,31)18-9-5-3-7-15(18)21(22,23)24)19(29)27-20-26-17(11-32-20)14-10-25-16-8-4-2-6-13(14)16/h2-12,25,28H,1H3,(H,26,27,29)/t12-/m0/s1. The van der Waals surface area contributed by atoms with E-state index in [1.807, 2.05) is 29.0 Å². The van der Waals surface area contributed by atoms with Gasteiger partial charge in [0.25, 0.3) is 0 Å². The molecule has 0 fully saturated rings. The van der Waals surface area contributed by atoms with E-state index in [-0.39, 0.29) is 5.13 Å². The average molecular weight is 495 g/mol. The molecule has 2 aromatic carbocycles. The third kappa shape index (κ3) is 4.77. The second-order valence-electron chi connectivity index (χ2n) is 7.11. The van der Waals surface area contributed by atoms with E-state index in [2.05, 4.69) is 15.3 Å². The van der Waals surface area contributed by atoms with Crippen LogP contribution in [0.15, 0.2) is 65.0 Å². The molecule has 0 aliphatic carbocycles. The highest BCUT2D eigenvalue weighted by Crippen LogP contribution is 2.34. The Balaban J connectivity index is 1.49. The van der Waals surface area contributed by atoms with Gasteiger partial charge in [0.2, 0.25) is 15.9 Å². The number of amides is 1. The van der Waals surface area contributed by atoms with E-state index in [0.29, 0.717) is 11.8 Å². The lowest BCUT2D eigenvalue weighted by molar-refractivity contribution is -0.139. The molecule has 0 spiro atoms. The second kappa shape index (κ2) is 8.61. The van der Waals surface area contributed by atoms with E-state index in [9.17, 15) is 26.4 Å². The largest absolute Gasteiger partial charge is 0.417 e. The van der Waals surface area contributed by atoms with Crippen LogP contribution in [0.2, 0.25) is 0 Å². The normalized spacial score (nSPS) is 13.2. The molecule has 12 heteroatoms. The van der Waals surface area contributed by atoms with Crippen LogP contribution in [-0.2, 0) is 21.0 Å². The lowest BCUT2D eigenvalue weighted by atomic mass is 10.1. The Bertz CT molecular complexity index is 1430. The van der Waals surface area contributed by atoms with Crippen LogP contribution in [0, 0.1) is 0 Å². The molecular weight excluding hydrogens is 477 g/mol. The van der Waals surface area contributed by atoms with Gasteiger partial charge in [0, 0.05) is 28.0 Å². The van der Waals surface area contributed by atoms with Crippen molar-refractivity contribution in [1.82, 2.24) is 14.7 Å². The first-order valence-electron chi connectivity index (χ1n) is 9.58. The Labute approximate surface area is 190 Å². The molecule has 1 amide bonds. The number of carbonyl (C=O) groups is 1. The Hall–Kier alpha value is -3.22. The monoisotopic (exact) mass is 494 g/mol. The average Bonchev–Trinajstić information content (AvgIpc) is 3.39. The summed E-state index contributed by atoms with van der Waals surface area (Å²) in [5.41, 5.74) is 1.06. The molecular formula is C21H17F3N4O3S2. The van der Waals surface area contributed by atoms with Gasteiger partial charge in [-0.2, -0.15) is 17.9 Å². The fourth-order valence-electron chi connectivity index (χ4n) is 3.24. The summed E-state index contributed by atoms with van der Waals surface area (Å²) >= 11 is 1.14. The maximum atomic E-state index is 13.2. The molecule has 0 aliphatic rings. The number of benzene rings is 2. The zero-order valence-electron chi connectivity index (χ0n) is 17.0. The summed E-state index contributed by atoms with van der Waals surface area (Å²) < 4.78 is 66.7. The van der Waals surface area contributed by atoms with Gasteiger partial charge in [-0.15, -0.1) is 11.3 Å². The Kier molecular flexibility index (Phi) is 5.99. The summed E-state index contributed by atoms with van der Waals surface area (Å²) in [5.74, 6) is -0.761. The van der Waals surface area contributed by atoms with E-state index in [1.165, 1.54) is 13.0 Å². The minimum atomic E-state index is -4.86. The summed E-state index contributed by atoms with van der Waals surface area (Å²) in [6.45, 7) is 1.23. The Morgan fingerprint density at radius 2 is 1.82 bits per heavy atom. The van der Waals surface area contributed by atoms with Gasteiger partial charge in [-0.05, 0) is 25.1 Å². The van der Waals surface area contributed by atoms with Crippen molar-refractivity contribution in [3.63, 3.8) is 0 Å². The van der Waals surface area contributed by atoms with Crippen LogP contribution in [0.3, 0.4) is 0 Å². The fraction of sp³-hybridized carbons (Fsp3) is 0.143. The van der Waals surface area contributed by atoms with Crippen molar-refractivity contribution >= 4 is 43.3 Å². The van der Waals surface area contributed by atoms with Crippen LogP contribution in [0.5, 0.6) is 0 Å². The van der Waals surface area contributed by atoms with Gasteiger partial charge in [-0.3, -0.25) is 4.79 Å². The van der Waals surface area contributed by atoms with E-state index < -0.39 is 38.6 Å². The smallest absolute Gasteiger partial charge is 0.360 e. The molecule has 172 valence electrons. The fourth-order valence-corrected chi connectivity index (χ4v) is 5.38. The first-order valence-corrected chi connectivity index (χ1v) is 11.9. The predicted octanol–water partition coefficient (Wildman–Crippen LogP) is 4.62. The van der Waals surface area contributed by atoms with Crippen molar-refractivity contribution in [2.45, 2.75) is 24.0 Å². The molecule has 4 aromatic rings. The third-order valence-electron chi connectivity index (χ3n) is 4.81. The molecule has 0 saturated carbocycles. The number of aromatic nitrogens is 2. The molecule has 1 atom stereocenters. The number of fused-ring (bicyclic) bond motifs is 1. The molecule has 0 bridgehead atoms. The molecule has 2 aromatic heterocycles. The number of para-hydroxylation sites is 1. The van der Waals surface area contributed by atoms with Crippen LogP contribution in [0.1, 0.15) is 12.5 Å². The number of H-pyrrole nitrogens is 1. The van der Waals surface area contributed by atoms with E-state index in [0.717, 1.165) is 39.9 Å². The van der Waals surface area contributed by atoms with Gasteiger partial charge in [0.15, 0.2) is 5.13 Å². The van der Waals surface area contributed by atoms with Crippen molar-refractivity contribution in [3.05, 3.63) is 65.7 Å². The summed E-state index contributed by atoms with van der Waals surface area (Å²) in [6.07, 6.45) is -3.07. The zero-order valence-corrected chi connectivity index (χ0v) is 18.6. The zero-order chi connectivity index (χ0) is 23.8. The SMILES string of the molecule is C[C@H](NS(=O)(=O)c1ccccc1C(F)(F)F)C(=O)Nc1nc(-c2c[nH]c3ccccc23)cs1. The number of sulfonamides is 1. The van der Waals surface area contributed by atoms with E-state index >= 15 is 0 Å². The first-order chi connectivity index (χ1) is 15.6. The summed E-state index contributed by atoms with van der Waals surface area (Å²) in [6, 6.07) is 10.0. The lowest BCUT2D eigenvalue weighted by Crippen LogP contribution is -2.42. The number of aromatic amines is 1. The van der Waals surface area contributed by atoms with Crippen molar-refractivity contribution in [2.75, 3.05) is 5.32 Å². The van der Waals surface area contributed by atoms with Crippen molar-refractivity contribution in [2.24, 2.45) is 0 Å². The first kappa shape index (κ1) is 23.0. The maximum Gasteiger partial charge on any atom is 0.417 e. The van der Waals surface area contributed by atoms with Crippen molar-refractivity contribution in [1.29, 1.82) is 0 Å². The van der Waals surface area contributed by atoms with Gasteiger partial charge < -0.3 is 10.3 Å². The number of halogens is 3. The number of alkyl halides is 3. The summed E-state index contributed by atoms with van der Waals surface area (Å²) in [5, 5.41) is 5.41. The third-order valence-corrected chi connectivity index (χ3v) is 7.16. The van der Waals surface area contributed by atoms with E-state index in [4.69, 9.17) is 0 Å². The number of carbonyl (C=O) groups excluding carboxylic acids is 1. The molecule has 3 N–H and O–H groups in total. The van der Waals surface area contributed by atoms with Crippen molar-refractivity contribution in [3.8, 4) is 11.3 Å². The number of thiazole rings is 1. The maximum absolute atomic E-state index is 13.2. The molecule has 0 radical (unpaired) electrons. The predicted molar refractivity (Wildman–Crippen MR) is 119 cm³/mol. The van der Waals surface area contributed by atoms with Crippen LogP contribution >= 0.6 is 11.3 Å². The molecule has 4 rings (SSSR count). The summed E-state index contributed by atoms with van der Waals surface area (Å²) in [4.78, 5) is 19.1. The van der Waals surface area contributed by atoms with Gasteiger partial charge in [-0.1, -0.05) is 30.3 Å². The number of hydrogen-bond acceptors (Lipinski definition) is 5. The number of anilines is 1. The number of hydrogen-bond donors (Lipinski definition) is 3. The molecule has 0 saturated heterocycles. The number of rotatable bonds is 6. The quantitative estimate of drug-likeness (QED) is 0.364. The molecule has 0 aliphatic heterocycles. The van der Waals surface area contributed by atoms with Gasteiger partial charge in [0.05, 0.1) is 22.2 Å². The van der Waals surface area contributed by atoms with Gasteiger partial charge >= 0.3 is 6.18 Å². The number of nitrogens with one attached hydrogen (secondary N) is 3. The van der Waals surface area contributed by atoms with Crippen LogP contribution in [-0.4, -0.2) is 30.3 Å².